The molecule has 0 bridgehead atoms. The summed E-state index contributed by atoms with van der Waals surface area (Å²) in [5.41, 5.74) is 0. The number of benzene rings is 1. The normalized spacial score (nSPS) is 12.7. The van der Waals surface area contributed by atoms with Gasteiger partial charge in [-0.05, 0) is 24.3 Å². The minimum absolute atomic E-state index is 0.0184. The summed E-state index contributed by atoms with van der Waals surface area (Å²) < 4.78 is 44.7. The zero-order valence-electron chi connectivity index (χ0n) is 7.84. The van der Waals surface area contributed by atoms with Crippen LogP contribution in [-0.4, -0.2) is 28.3 Å². The van der Waals surface area contributed by atoms with Crippen LogP contribution in [0.5, 0.6) is 0 Å². The molecule has 0 spiro atoms. The first-order valence-corrected chi connectivity index (χ1v) is 7.94. The first-order chi connectivity index (χ1) is 6.77. The van der Waals surface area contributed by atoms with E-state index in [0.717, 1.165) is 6.26 Å². The van der Waals surface area contributed by atoms with Gasteiger partial charge in [-0.2, -0.15) is 0 Å². The Labute approximate surface area is 93.7 Å². The summed E-state index contributed by atoms with van der Waals surface area (Å²) in [5, 5.41) is -0.523. The van der Waals surface area contributed by atoms with Gasteiger partial charge in [0.1, 0.15) is 5.21 Å². The van der Waals surface area contributed by atoms with Gasteiger partial charge in [0.2, 0.25) is 0 Å². The predicted molar refractivity (Wildman–Crippen MR) is 57.5 cm³/mol. The molecular formula is C8H9ClO4S2. The van der Waals surface area contributed by atoms with E-state index in [-0.39, 0.29) is 9.79 Å². The Morgan fingerprint density at radius 2 is 1.40 bits per heavy atom. The molecule has 0 aliphatic rings. The molecule has 0 fully saturated rings. The molecule has 1 aromatic carbocycles. The van der Waals surface area contributed by atoms with E-state index in [0.29, 0.717) is 0 Å². The van der Waals surface area contributed by atoms with Crippen molar-refractivity contribution in [2.45, 2.75) is 9.79 Å². The number of hydrogen-bond acceptors (Lipinski definition) is 4. The Hall–Kier alpha value is -0.590. The summed E-state index contributed by atoms with van der Waals surface area (Å²) in [6.07, 6.45) is 1.05. The third-order valence-corrected chi connectivity index (χ3v) is 5.02. The lowest BCUT2D eigenvalue weighted by Gasteiger charge is -2.01. The van der Waals surface area contributed by atoms with Crippen molar-refractivity contribution in [3.05, 3.63) is 24.3 Å². The van der Waals surface area contributed by atoms with Crippen molar-refractivity contribution in [3.8, 4) is 0 Å². The van der Waals surface area contributed by atoms with Gasteiger partial charge in [0.25, 0.3) is 0 Å². The van der Waals surface area contributed by atoms with Crippen LogP contribution in [0.15, 0.2) is 34.1 Å². The lowest BCUT2D eigenvalue weighted by molar-refractivity contribution is 0.597. The molecule has 1 aromatic rings. The number of hydrogen-bond donors (Lipinski definition) is 0. The SMILES string of the molecule is CS(=O)(=O)c1ccc(S(=O)(=O)CCl)cc1. The third-order valence-electron chi connectivity index (χ3n) is 1.75. The largest absolute Gasteiger partial charge is 0.224 e. The molecule has 0 radical (unpaired) electrons. The van der Waals surface area contributed by atoms with Crippen molar-refractivity contribution in [3.63, 3.8) is 0 Å². The number of alkyl halides is 1. The molecule has 7 heteroatoms. The molecule has 0 aromatic heterocycles. The van der Waals surface area contributed by atoms with Gasteiger partial charge in [-0.3, -0.25) is 0 Å². The molecule has 15 heavy (non-hydrogen) atoms. The maximum Gasteiger partial charge on any atom is 0.192 e. The van der Waals surface area contributed by atoms with Gasteiger partial charge in [-0.15, -0.1) is 11.6 Å². The van der Waals surface area contributed by atoms with Crippen LogP contribution in [0.25, 0.3) is 0 Å². The molecule has 84 valence electrons. The van der Waals surface area contributed by atoms with Gasteiger partial charge < -0.3 is 0 Å². The average molecular weight is 269 g/mol. The lowest BCUT2D eigenvalue weighted by Crippen LogP contribution is -2.03. The van der Waals surface area contributed by atoms with Crippen molar-refractivity contribution in [1.82, 2.24) is 0 Å². The monoisotopic (exact) mass is 268 g/mol. The summed E-state index contributed by atoms with van der Waals surface area (Å²) >= 11 is 5.25. The van der Waals surface area contributed by atoms with E-state index in [1.807, 2.05) is 0 Å². The van der Waals surface area contributed by atoms with Crippen LogP contribution in [0, 0.1) is 0 Å². The molecule has 0 atom stereocenters. The van der Waals surface area contributed by atoms with E-state index in [9.17, 15) is 16.8 Å². The minimum atomic E-state index is -3.49. The van der Waals surface area contributed by atoms with Crippen LogP contribution in [0.4, 0.5) is 0 Å². The van der Waals surface area contributed by atoms with Gasteiger partial charge in [-0.25, -0.2) is 16.8 Å². The Morgan fingerprint density at radius 1 is 1.00 bits per heavy atom. The van der Waals surface area contributed by atoms with Gasteiger partial charge >= 0.3 is 0 Å². The van der Waals surface area contributed by atoms with Crippen LogP contribution < -0.4 is 0 Å². The van der Waals surface area contributed by atoms with E-state index in [1.54, 1.807) is 0 Å². The second-order valence-electron chi connectivity index (χ2n) is 2.97. The highest BCUT2D eigenvalue weighted by Crippen LogP contribution is 2.16. The van der Waals surface area contributed by atoms with Crippen LogP contribution in [0.3, 0.4) is 0 Å². The molecule has 0 saturated carbocycles. The highest BCUT2D eigenvalue weighted by molar-refractivity contribution is 7.92. The number of halogens is 1. The van der Waals surface area contributed by atoms with E-state index >= 15 is 0 Å². The molecule has 4 nitrogen and oxygen atoms in total. The van der Waals surface area contributed by atoms with E-state index in [4.69, 9.17) is 11.6 Å². The van der Waals surface area contributed by atoms with Gasteiger partial charge in [-0.1, -0.05) is 0 Å². The van der Waals surface area contributed by atoms with Crippen LogP contribution >= 0.6 is 11.6 Å². The smallest absolute Gasteiger partial charge is 0.192 e. The Balaban J connectivity index is 3.24. The van der Waals surface area contributed by atoms with Gasteiger partial charge in [0.05, 0.1) is 9.79 Å². The fraction of sp³-hybridized carbons (Fsp3) is 0.250. The third kappa shape index (κ3) is 2.93. The molecule has 0 aliphatic heterocycles. The van der Waals surface area contributed by atoms with Crippen molar-refractivity contribution in [1.29, 1.82) is 0 Å². The average Bonchev–Trinajstić information content (AvgIpc) is 2.17. The standard InChI is InChI=1S/C8H9ClO4S2/c1-14(10,11)7-2-4-8(5-3-7)15(12,13)6-9/h2-5H,6H2,1H3. The Kier molecular flexibility index (Phi) is 3.42. The first kappa shape index (κ1) is 12.5. The van der Waals surface area contributed by atoms with E-state index in [2.05, 4.69) is 0 Å². The zero-order valence-corrected chi connectivity index (χ0v) is 10.2. The van der Waals surface area contributed by atoms with E-state index < -0.39 is 24.9 Å². The fourth-order valence-electron chi connectivity index (χ4n) is 0.957. The van der Waals surface area contributed by atoms with Crippen molar-refractivity contribution in [2.75, 3.05) is 11.5 Å². The molecule has 0 N–H and O–H groups in total. The van der Waals surface area contributed by atoms with Crippen LogP contribution in [0.2, 0.25) is 0 Å². The second-order valence-corrected chi connectivity index (χ2v) is 7.56. The molecule has 0 heterocycles. The second kappa shape index (κ2) is 4.11. The van der Waals surface area contributed by atoms with Gasteiger partial charge in [0, 0.05) is 6.26 Å². The molecule has 0 saturated heterocycles. The summed E-state index contributed by atoms with van der Waals surface area (Å²) in [6.45, 7) is 0. The highest BCUT2D eigenvalue weighted by Gasteiger charge is 2.14. The fourth-order valence-corrected chi connectivity index (χ4v) is 2.64. The number of rotatable bonds is 3. The topological polar surface area (TPSA) is 68.3 Å². The minimum Gasteiger partial charge on any atom is -0.224 e. The molecule has 0 amide bonds. The highest BCUT2D eigenvalue weighted by atomic mass is 35.5. The summed E-state index contributed by atoms with van der Waals surface area (Å²) in [7, 11) is -6.79. The van der Waals surface area contributed by atoms with E-state index in [1.165, 1.54) is 24.3 Å². The summed E-state index contributed by atoms with van der Waals surface area (Å²) in [6, 6.07) is 4.95. The zero-order chi connectivity index (χ0) is 11.7. The maximum absolute atomic E-state index is 11.3. The number of sulfone groups is 2. The Morgan fingerprint density at radius 3 is 1.73 bits per heavy atom. The van der Waals surface area contributed by atoms with Gasteiger partial charge in [0.15, 0.2) is 19.7 Å². The summed E-state index contributed by atoms with van der Waals surface area (Å²) in [4.78, 5) is 0.0981. The van der Waals surface area contributed by atoms with Crippen molar-refractivity contribution >= 4 is 31.3 Å². The molecule has 1 rings (SSSR count). The first-order valence-electron chi connectivity index (χ1n) is 3.86. The molecule has 0 aliphatic carbocycles. The maximum atomic E-state index is 11.3. The quantitative estimate of drug-likeness (QED) is 0.769. The van der Waals surface area contributed by atoms with Crippen LogP contribution in [-0.2, 0) is 19.7 Å². The lowest BCUT2D eigenvalue weighted by atomic mass is 10.4. The molecular weight excluding hydrogens is 260 g/mol. The Bertz CT molecular complexity index is 543. The predicted octanol–water partition coefficient (Wildman–Crippen LogP) is 1.06. The van der Waals surface area contributed by atoms with Crippen molar-refractivity contribution in [2.24, 2.45) is 0 Å². The molecule has 0 unspecified atom stereocenters. The van der Waals surface area contributed by atoms with Crippen molar-refractivity contribution < 1.29 is 16.8 Å². The summed E-state index contributed by atoms with van der Waals surface area (Å²) in [5.74, 6) is 0. The van der Waals surface area contributed by atoms with Crippen LogP contribution in [0.1, 0.15) is 0 Å².